The minimum atomic E-state index is -0.274. The lowest BCUT2D eigenvalue weighted by atomic mass is 9.96. The van der Waals surface area contributed by atoms with E-state index in [2.05, 4.69) is 5.16 Å². The number of nitrogens with two attached hydrogens (primary N) is 1. The number of likely N-dealkylation sites (tertiary alicyclic amines) is 1. The minimum absolute atomic E-state index is 0.0111. The summed E-state index contributed by atoms with van der Waals surface area (Å²) in [5.41, 5.74) is 6.64. The molecule has 0 saturated carbocycles. The Hall–Kier alpha value is -2.37. The van der Waals surface area contributed by atoms with Crippen LogP contribution in [0.5, 0.6) is 0 Å². The Labute approximate surface area is 121 Å². The Morgan fingerprint density at radius 1 is 1.29 bits per heavy atom. The molecule has 0 bridgehead atoms. The third kappa shape index (κ3) is 2.74. The lowest BCUT2D eigenvalue weighted by molar-refractivity contribution is -0.134. The highest BCUT2D eigenvalue weighted by molar-refractivity contribution is 5.86. The molecule has 2 N–H and O–H groups in total. The van der Waals surface area contributed by atoms with Crippen LogP contribution in [0.15, 0.2) is 28.8 Å². The molecule has 1 aliphatic heterocycles. The van der Waals surface area contributed by atoms with E-state index in [9.17, 15) is 9.59 Å². The highest BCUT2D eigenvalue weighted by atomic mass is 16.5. The van der Waals surface area contributed by atoms with Crippen LogP contribution >= 0.6 is 0 Å². The SMILES string of the molecule is NC(=O)C1CCN(C(=O)Cc2noc3ccccc23)CC1. The van der Waals surface area contributed by atoms with Gasteiger partial charge in [0.05, 0.1) is 6.42 Å². The van der Waals surface area contributed by atoms with Gasteiger partial charge in [-0.25, -0.2) is 0 Å². The van der Waals surface area contributed by atoms with E-state index in [1.54, 1.807) is 4.90 Å². The second kappa shape index (κ2) is 5.55. The van der Waals surface area contributed by atoms with Crippen molar-refractivity contribution in [1.82, 2.24) is 10.1 Å². The molecule has 2 heterocycles. The van der Waals surface area contributed by atoms with E-state index in [0.717, 1.165) is 5.39 Å². The first-order valence-electron chi connectivity index (χ1n) is 7.05. The summed E-state index contributed by atoms with van der Waals surface area (Å²) < 4.78 is 5.20. The molecule has 1 saturated heterocycles. The fourth-order valence-corrected chi connectivity index (χ4v) is 2.73. The first-order valence-corrected chi connectivity index (χ1v) is 7.05. The van der Waals surface area contributed by atoms with E-state index in [0.29, 0.717) is 37.2 Å². The molecule has 1 aromatic heterocycles. The second-order valence-corrected chi connectivity index (χ2v) is 5.36. The van der Waals surface area contributed by atoms with Crippen molar-refractivity contribution >= 4 is 22.8 Å². The Morgan fingerprint density at radius 3 is 2.71 bits per heavy atom. The lowest BCUT2D eigenvalue weighted by Gasteiger charge is -2.30. The summed E-state index contributed by atoms with van der Waals surface area (Å²) in [5.74, 6) is -0.372. The molecule has 1 aliphatic rings. The monoisotopic (exact) mass is 287 g/mol. The van der Waals surface area contributed by atoms with Gasteiger partial charge in [-0.1, -0.05) is 17.3 Å². The molecule has 1 aromatic carbocycles. The maximum absolute atomic E-state index is 12.3. The fourth-order valence-electron chi connectivity index (χ4n) is 2.73. The third-order valence-electron chi connectivity index (χ3n) is 4.02. The molecule has 2 aromatic rings. The first-order chi connectivity index (χ1) is 10.1. The number of benzene rings is 1. The number of nitrogens with zero attached hydrogens (tertiary/aromatic N) is 2. The molecule has 0 aliphatic carbocycles. The quantitative estimate of drug-likeness (QED) is 0.915. The van der Waals surface area contributed by atoms with Crippen LogP contribution in [-0.2, 0) is 16.0 Å². The van der Waals surface area contributed by atoms with Crippen molar-refractivity contribution in [3.8, 4) is 0 Å². The van der Waals surface area contributed by atoms with Crippen LogP contribution in [0, 0.1) is 5.92 Å². The van der Waals surface area contributed by atoms with E-state index in [1.165, 1.54) is 0 Å². The Bertz CT molecular complexity index is 672. The van der Waals surface area contributed by atoms with E-state index in [4.69, 9.17) is 10.3 Å². The van der Waals surface area contributed by atoms with Crippen molar-refractivity contribution in [2.75, 3.05) is 13.1 Å². The predicted molar refractivity (Wildman–Crippen MR) is 76.2 cm³/mol. The summed E-state index contributed by atoms with van der Waals surface area (Å²) in [5, 5.41) is 4.85. The summed E-state index contributed by atoms with van der Waals surface area (Å²) in [6, 6.07) is 7.49. The topological polar surface area (TPSA) is 89.4 Å². The molecule has 6 nitrogen and oxygen atoms in total. The third-order valence-corrected chi connectivity index (χ3v) is 4.02. The molecule has 21 heavy (non-hydrogen) atoms. The molecule has 2 amide bonds. The maximum atomic E-state index is 12.3. The molecule has 0 atom stereocenters. The van der Waals surface area contributed by atoms with Gasteiger partial charge in [0.2, 0.25) is 11.8 Å². The van der Waals surface area contributed by atoms with Crippen molar-refractivity contribution in [3.63, 3.8) is 0 Å². The lowest BCUT2D eigenvalue weighted by Crippen LogP contribution is -2.42. The second-order valence-electron chi connectivity index (χ2n) is 5.36. The van der Waals surface area contributed by atoms with Gasteiger partial charge in [0.25, 0.3) is 0 Å². The van der Waals surface area contributed by atoms with Crippen molar-refractivity contribution in [1.29, 1.82) is 0 Å². The number of primary amides is 1. The summed E-state index contributed by atoms with van der Waals surface area (Å²) in [6.07, 6.45) is 1.50. The number of hydrogen-bond donors (Lipinski definition) is 1. The average Bonchev–Trinajstić information content (AvgIpc) is 2.91. The van der Waals surface area contributed by atoms with E-state index >= 15 is 0 Å². The van der Waals surface area contributed by atoms with Crippen LogP contribution in [-0.4, -0.2) is 35.0 Å². The van der Waals surface area contributed by atoms with Gasteiger partial charge in [-0.3, -0.25) is 9.59 Å². The number of fused-ring (bicyclic) bond motifs is 1. The van der Waals surface area contributed by atoms with Gasteiger partial charge >= 0.3 is 0 Å². The maximum Gasteiger partial charge on any atom is 0.228 e. The van der Waals surface area contributed by atoms with Gasteiger partial charge in [-0.05, 0) is 25.0 Å². The van der Waals surface area contributed by atoms with E-state index < -0.39 is 0 Å². The van der Waals surface area contributed by atoms with Gasteiger partial charge in [-0.15, -0.1) is 0 Å². The van der Waals surface area contributed by atoms with Gasteiger partial charge < -0.3 is 15.2 Å². The average molecular weight is 287 g/mol. The molecule has 3 rings (SSSR count). The highest BCUT2D eigenvalue weighted by Crippen LogP contribution is 2.21. The Balaban J connectivity index is 1.66. The molecule has 1 fully saturated rings. The summed E-state index contributed by atoms with van der Waals surface area (Å²) >= 11 is 0. The Kier molecular flexibility index (Phi) is 3.60. The molecule has 6 heteroatoms. The molecular formula is C15H17N3O3. The van der Waals surface area contributed by atoms with Gasteiger partial charge in [0.15, 0.2) is 5.58 Å². The van der Waals surface area contributed by atoms with Crippen LogP contribution in [0.25, 0.3) is 11.0 Å². The van der Waals surface area contributed by atoms with Crippen LogP contribution in [0.1, 0.15) is 18.5 Å². The van der Waals surface area contributed by atoms with Crippen LogP contribution < -0.4 is 5.73 Å². The predicted octanol–water partition coefficient (Wildman–Crippen LogP) is 1.09. The normalized spacial score (nSPS) is 16.3. The molecule has 110 valence electrons. The standard InChI is InChI=1S/C15H17N3O3/c16-15(20)10-5-7-18(8-6-10)14(19)9-12-11-3-1-2-4-13(11)21-17-12/h1-4,10H,5-9H2,(H2,16,20). The number of amides is 2. The molecular weight excluding hydrogens is 270 g/mol. The number of aromatic nitrogens is 1. The zero-order chi connectivity index (χ0) is 14.8. The van der Waals surface area contributed by atoms with Gasteiger partial charge in [0, 0.05) is 24.4 Å². The summed E-state index contributed by atoms with van der Waals surface area (Å²) in [6.45, 7) is 1.14. The fraction of sp³-hybridized carbons (Fsp3) is 0.400. The number of hydrogen-bond acceptors (Lipinski definition) is 4. The van der Waals surface area contributed by atoms with Gasteiger partial charge in [0.1, 0.15) is 5.69 Å². The zero-order valence-electron chi connectivity index (χ0n) is 11.6. The number of rotatable bonds is 3. The van der Waals surface area contributed by atoms with Crippen LogP contribution in [0.2, 0.25) is 0 Å². The number of carbonyl (C=O) groups is 2. The van der Waals surface area contributed by atoms with Crippen molar-refractivity contribution in [2.24, 2.45) is 11.7 Å². The Morgan fingerprint density at radius 2 is 2.00 bits per heavy atom. The first kappa shape index (κ1) is 13.6. The smallest absolute Gasteiger partial charge is 0.228 e. The van der Waals surface area contributed by atoms with Crippen LogP contribution in [0.4, 0.5) is 0 Å². The number of para-hydroxylation sites is 1. The van der Waals surface area contributed by atoms with E-state index in [1.807, 2.05) is 24.3 Å². The minimum Gasteiger partial charge on any atom is -0.369 e. The van der Waals surface area contributed by atoms with Crippen molar-refractivity contribution < 1.29 is 14.1 Å². The summed E-state index contributed by atoms with van der Waals surface area (Å²) in [7, 11) is 0. The molecule has 0 radical (unpaired) electrons. The molecule has 0 unspecified atom stereocenters. The number of carbonyl (C=O) groups excluding carboxylic acids is 2. The highest BCUT2D eigenvalue weighted by Gasteiger charge is 2.26. The summed E-state index contributed by atoms with van der Waals surface area (Å²) in [4.78, 5) is 25.2. The van der Waals surface area contributed by atoms with Crippen molar-refractivity contribution in [2.45, 2.75) is 19.3 Å². The van der Waals surface area contributed by atoms with Crippen LogP contribution in [0.3, 0.4) is 0 Å². The van der Waals surface area contributed by atoms with Crippen molar-refractivity contribution in [3.05, 3.63) is 30.0 Å². The van der Waals surface area contributed by atoms with Gasteiger partial charge in [-0.2, -0.15) is 0 Å². The van der Waals surface area contributed by atoms with E-state index in [-0.39, 0.29) is 24.2 Å². The number of piperidine rings is 1. The largest absolute Gasteiger partial charge is 0.369 e. The zero-order valence-corrected chi connectivity index (χ0v) is 11.6. The molecule has 0 spiro atoms.